The molecule has 1 unspecified atom stereocenters. The molecule has 106 valence electrons. The summed E-state index contributed by atoms with van der Waals surface area (Å²) in [7, 11) is 0. The molecule has 2 aromatic rings. The summed E-state index contributed by atoms with van der Waals surface area (Å²) in [6.45, 7) is 6.63. The van der Waals surface area contributed by atoms with Gasteiger partial charge in [-0.15, -0.1) is 11.6 Å². The molecule has 2 rings (SSSR count). The van der Waals surface area contributed by atoms with Crippen LogP contribution in [0, 0.1) is 17.2 Å². The zero-order chi connectivity index (χ0) is 14.7. The Kier molecular flexibility index (Phi) is 4.67. The Morgan fingerprint density at radius 1 is 1.40 bits per heavy atom. The van der Waals surface area contributed by atoms with Crippen molar-refractivity contribution in [1.82, 2.24) is 9.55 Å². The molecule has 0 saturated heterocycles. The van der Waals surface area contributed by atoms with Crippen molar-refractivity contribution in [3.8, 4) is 6.07 Å². The van der Waals surface area contributed by atoms with Crippen LogP contribution in [0.5, 0.6) is 0 Å². The number of nitrogens with zero attached hydrogens (tertiary/aromatic N) is 3. The van der Waals surface area contributed by atoms with E-state index in [9.17, 15) is 5.26 Å². The van der Waals surface area contributed by atoms with Crippen molar-refractivity contribution in [2.24, 2.45) is 5.92 Å². The van der Waals surface area contributed by atoms with E-state index in [1.807, 2.05) is 18.2 Å². The van der Waals surface area contributed by atoms with Crippen molar-refractivity contribution in [3.63, 3.8) is 0 Å². The molecule has 4 heteroatoms. The van der Waals surface area contributed by atoms with Gasteiger partial charge in [0.05, 0.1) is 11.1 Å². The fourth-order valence-corrected chi connectivity index (χ4v) is 3.01. The van der Waals surface area contributed by atoms with E-state index >= 15 is 0 Å². The predicted octanol–water partition coefficient (Wildman–Crippen LogP) is 4.30. The molecule has 0 bridgehead atoms. The second-order valence-corrected chi connectivity index (χ2v) is 5.72. The highest BCUT2D eigenvalue weighted by atomic mass is 35.5. The van der Waals surface area contributed by atoms with Gasteiger partial charge in [-0.05, 0) is 24.5 Å². The summed E-state index contributed by atoms with van der Waals surface area (Å²) in [4.78, 5) is 4.68. The average molecular weight is 290 g/mol. The highest BCUT2D eigenvalue weighted by molar-refractivity contribution is 6.17. The van der Waals surface area contributed by atoms with E-state index in [-0.39, 0.29) is 0 Å². The van der Waals surface area contributed by atoms with Gasteiger partial charge >= 0.3 is 0 Å². The smallest absolute Gasteiger partial charge is 0.111 e. The van der Waals surface area contributed by atoms with Gasteiger partial charge in [-0.25, -0.2) is 4.98 Å². The molecular formula is C16H20ClN3. The number of fused-ring (bicyclic) bond motifs is 1. The number of nitriles is 1. The van der Waals surface area contributed by atoms with E-state index in [2.05, 4.69) is 36.4 Å². The first-order chi connectivity index (χ1) is 9.63. The van der Waals surface area contributed by atoms with Gasteiger partial charge in [0.2, 0.25) is 0 Å². The third-order valence-corrected chi connectivity index (χ3v) is 3.94. The molecular weight excluding hydrogens is 270 g/mol. The van der Waals surface area contributed by atoms with E-state index in [0.29, 0.717) is 23.4 Å². The molecule has 1 aromatic heterocycles. The second-order valence-electron chi connectivity index (χ2n) is 5.34. The van der Waals surface area contributed by atoms with Crippen LogP contribution < -0.4 is 0 Å². The highest BCUT2D eigenvalue weighted by Crippen LogP contribution is 2.30. The summed E-state index contributed by atoms with van der Waals surface area (Å²) in [5.41, 5.74) is 2.48. The molecule has 0 fully saturated rings. The molecule has 0 amide bonds. The largest absolute Gasteiger partial charge is 0.325 e. The van der Waals surface area contributed by atoms with Gasteiger partial charge in [0, 0.05) is 18.3 Å². The molecule has 0 aliphatic carbocycles. The van der Waals surface area contributed by atoms with Crippen LogP contribution in [-0.4, -0.2) is 15.4 Å². The van der Waals surface area contributed by atoms with E-state index in [4.69, 9.17) is 11.6 Å². The first kappa shape index (κ1) is 14.9. The van der Waals surface area contributed by atoms with E-state index < -0.39 is 0 Å². The Hall–Kier alpha value is -1.53. The van der Waals surface area contributed by atoms with E-state index in [0.717, 1.165) is 29.7 Å². The molecule has 0 spiro atoms. The highest BCUT2D eigenvalue weighted by Gasteiger charge is 2.21. The number of hydrogen-bond donors (Lipinski definition) is 0. The molecule has 1 aromatic carbocycles. The van der Waals surface area contributed by atoms with Gasteiger partial charge in [0.1, 0.15) is 17.4 Å². The minimum atomic E-state index is 0.382. The second kappa shape index (κ2) is 6.28. The van der Waals surface area contributed by atoms with Crippen LogP contribution in [-0.2, 0) is 6.42 Å². The molecule has 0 radical (unpaired) electrons. The summed E-state index contributed by atoms with van der Waals surface area (Å²) >= 11 is 5.92. The monoisotopic (exact) mass is 289 g/mol. The van der Waals surface area contributed by atoms with Crippen LogP contribution >= 0.6 is 11.6 Å². The third-order valence-electron chi connectivity index (χ3n) is 3.75. The zero-order valence-corrected chi connectivity index (χ0v) is 13.0. The van der Waals surface area contributed by atoms with Crippen LogP contribution in [0.4, 0.5) is 0 Å². The summed E-state index contributed by atoms with van der Waals surface area (Å²) in [5.74, 6) is 2.04. The SMILES string of the molecule is CCC(C(C)C)n1c(CCCl)nc2c(C#N)cccc21. The molecule has 1 heterocycles. The fourth-order valence-electron chi connectivity index (χ4n) is 2.84. The summed E-state index contributed by atoms with van der Waals surface area (Å²) in [5, 5.41) is 9.25. The fraction of sp³-hybridized carbons (Fsp3) is 0.500. The number of benzene rings is 1. The van der Waals surface area contributed by atoms with Crippen LogP contribution in [0.2, 0.25) is 0 Å². The maximum absolute atomic E-state index is 9.25. The number of rotatable bonds is 5. The van der Waals surface area contributed by atoms with E-state index in [1.54, 1.807) is 0 Å². The van der Waals surface area contributed by atoms with Gasteiger partial charge in [0.15, 0.2) is 0 Å². The van der Waals surface area contributed by atoms with Gasteiger partial charge in [0.25, 0.3) is 0 Å². The van der Waals surface area contributed by atoms with Crippen molar-refractivity contribution < 1.29 is 0 Å². The molecule has 3 nitrogen and oxygen atoms in total. The van der Waals surface area contributed by atoms with Crippen molar-refractivity contribution >= 4 is 22.6 Å². The Bertz CT molecular complexity index is 637. The number of aryl methyl sites for hydroxylation is 1. The van der Waals surface area contributed by atoms with Crippen molar-refractivity contribution in [1.29, 1.82) is 5.26 Å². The predicted molar refractivity (Wildman–Crippen MR) is 83.0 cm³/mol. The lowest BCUT2D eigenvalue weighted by Crippen LogP contribution is -2.17. The molecule has 0 N–H and O–H groups in total. The number of para-hydroxylation sites is 1. The van der Waals surface area contributed by atoms with Crippen LogP contribution in [0.3, 0.4) is 0 Å². The van der Waals surface area contributed by atoms with Crippen LogP contribution in [0.25, 0.3) is 11.0 Å². The first-order valence-corrected chi connectivity index (χ1v) is 7.63. The summed E-state index contributed by atoms with van der Waals surface area (Å²) < 4.78 is 2.28. The Morgan fingerprint density at radius 2 is 2.15 bits per heavy atom. The maximum atomic E-state index is 9.25. The molecule has 1 atom stereocenters. The molecule has 0 aliphatic heterocycles. The zero-order valence-electron chi connectivity index (χ0n) is 12.2. The Labute approximate surface area is 125 Å². The number of halogens is 1. The lowest BCUT2D eigenvalue weighted by Gasteiger charge is -2.24. The van der Waals surface area contributed by atoms with Crippen molar-refractivity contribution in [3.05, 3.63) is 29.6 Å². The average Bonchev–Trinajstić information content (AvgIpc) is 2.78. The molecule has 0 aliphatic rings. The standard InChI is InChI=1S/C16H20ClN3/c1-4-13(11(2)3)20-14-7-5-6-12(10-18)16(14)19-15(20)8-9-17/h5-7,11,13H,4,8-9H2,1-3H3. The molecule has 0 saturated carbocycles. The van der Waals surface area contributed by atoms with Crippen molar-refractivity contribution in [2.45, 2.75) is 39.7 Å². The van der Waals surface area contributed by atoms with Gasteiger partial charge in [-0.3, -0.25) is 0 Å². The topological polar surface area (TPSA) is 41.6 Å². The number of alkyl halides is 1. The Morgan fingerprint density at radius 3 is 2.70 bits per heavy atom. The normalized spacial score (nSPS) is 12.8. The minimum Gasteiger partial charge on any atom is -0.325 e. The quantitative estimate of drug-likeness (QED) is 0.770. The van der Waals surface area contributed by atoms with Gasteiger partial charge < -0.3 is 4.57 Å². The maximum Gasteiger partial charge on any atom is 0.111 e. The van der Waals surface area contributed by atoms with Gasteiger partial charge in [-0.1, -0.05) is 26.8 Å². The molecule has 20 heavy (non-hydrogen) atoms. The summed E-state index contributed by atoms with van der Waals surface area (Å²) in [6.07, 6.45) is 1.76. The van der Waals surface area contributed by atoms with Crippen molar-refractivity contribution in [2.75, 3.05) is 5.88 Å². The van der Waals surface area contributed by atoms with E-state index in [1.165, 1.54) is 0 Å². The number of imidazole rings is 1. The minimum absolute atomic E-state index is 0.382. The Balaban J connectivity index is 2.72. The first-order valence-electron chi connectivity index (χ1n) is 7.09. The lowest BCUT2D eigenvalue weighted by atomic mass is 10.0. The lowest BCUT2D eigenvalue weighted by molar-refractivity contribution is 0.365. The summed E-state index contributed by atoms with van der Waals surface area (Å²) in [6, 6.07) is 8.41. The third kappa shape index (κ3) is 2.53. The van der Waals surface area contributed by atoms with Gasteiger partial charge in [-0.2, -0.15) is 5.26 Å². The van der Waals surface area contributed by atoms with Crippen LogP contribution in [0.1, 0.15) is 44.6 Å². The van der Waals surface area contributed by atoms with Crippen LogP contribution in [0.15, 0.2) is 18.2 Å². The number of aromatic nitrogens is 2. The number of hydrogen-bond acceptors (Lipinski definition) is 2.